The van der Waals surface area contributed by atoms with Crippen molar-refractivity contribution < 1.29 is 27.5 Å². The zero-order valence-corrected chi connectivity index (χ0v) is 17.9. The number of rotatable bonds is 9. The molecule has 10 heteroatoms. The molecule has 2 aromatic rings. The van der Waals surface area contributed by atoms with Gasteiger partial charge in [-0.1, -0.05) is 29.8 Å². The van der Waals surface area contributed by atoms with Gasteiger partial charge in [-0.3, -0.25) is 14.4 Å². The molecule has 160 valence electrons. The number of esters is 1. The topological polar surface area (TPSA) is 119 Å². The molecule has 8 nitrogen and oxygen atoms in total. The Kier molecular flexibility index (Phi) is 8.10. The largest absolute Gasteiger partial charge is 0.452 e. The minimum Gasteiger partial charge on any atom is -0.452 e. The maximum Gasteiger partial charge on any atom is 0.307 e. The van der Waals surface area contributed by atoms with Crippen LogP contribution in [0.3, 0.4) is 0 Å². The first-order chi connectivity index (χ1) is 14.1. The molecule has 1 unspecified atom stereocenters. The van der Waals surface area contributed by atoms with Gasteiger partial charge in [0.05, 0.1) is 17.0 Å². The first kappa shape index (κ1) is 23.5. The second-order valence-corrected chi connectivity index (χ2v) is 8.53. The van der Waals surface area contributed by atoms with E-state index in [0.717, 1.165) is 0 Å². The minimum absolute atomic E-state index is 0.0275. The first-order valence-corrected chi connectivity index (χ1v) is 10.8. The maximum absolute atomic E-state index is 12.2. The fourth-order valence-electron chi connectivity index (χ4n) is 2.45. The summed E-state index contributed by atoms with van der Waals surface area (Å²) in [6.07, 6.45) is -1.41. The molecule has 30 heavy (non-hydrogen) atoms. The molecule has 0 saturated carbocycles. The third-order valence-electron chi connectivity index (χ3n) is 3.97. The van der Waals surface area contributed by atoms with Gasteiger partial charge in [0.15, 0.2) is 11.9 Å². The van der Waals surface area contributed by atoms with E-state index in [2.05, 4.69) is 10.0 Å². The van der Waals surface area contributed by atoms with Crippen LogP contribution in [0.15, 0.2) is 53.4 Å². The molecule has 0 aliphatic heterocycles. The van der Waals surface area contributed by atoms with Gasteiger partial charge >= 0.3 is 5.97 Å². The Hall–Kier alpha value is -2.75. The number of carbonyl (C=O) groups is 3. The molecule has 0 saturated heterocycles. The van der Waals surface area contributed by atoms with Crippen molar-refractivity contribution in [3.05, 3.63) is 59.1 Å². The van der Waals surface area contributed by atoms with Crippen LogP contribution in [0.5, 0.6) is 0 Å². The normalized spacial score (nSPS) is 12.1. The van der Waals surface area contributed by atoms with Crippen LogP contribution in [0, 0.1) is 0 Å². The lowest BCUT2D eigenvalue weighted by Crippen LogP contribution is -2.32. The highest BCUT2D eigenvalue weighted by molar-refractivity contribution is 7.89. The van der Waals surface area contributed by atoms with Crippen LogP contribution in [0.2, 0.25) is 5.02 Å². The van der Waals surface area contributed by atoms with Gasteiger partial charge in [0.25, 0.3) is 5.91 Å². The zero-order chi connectivity index (χ0) is 22.3. The van der Waals surface area contributed by atoms with E-state index in [1.54, 1.807) is 30.3 Å². The SMILES string of the molecule is CC(=O)c1ccccc1NC(=O)C(C)OC(=O)CCNS(=O)(=O)c1cccc(Cl)c1. The molecule has 2 aromatic carbocycles. The second-order valence-electron chi connectivity index (χ2n) is 6.33. The molecule has 2 N–H and O–H groups in total. The van der Waals surface area contributed by atoms with Crippen molar-refractivity contribution in [2.45, 2.75) is 31.3 Å². The Labute approximate surface area is 179 Å². The fraction of sp³-hybridized carbons (Fsp3) is 0.250. The number of Topliss-reactive ketones (excluding diaryl/α,β-unsaturated/α-hetero) is 1. The van der Waals surface area contributed by atoms with Crippen molar-refractivity contribution in [3.63, 3.8) is 0 Å². The highest BCUT2D eigenvalue weighted by Gasteiger charge is 2.20. The van der Waals surface area contributed by atoms with E-state index in [1.165, 1.54) is 32.0 Å². The lowest BCUT2D eigenvalue weighted by molar-refractivity contribution is -0.152. The number of anilines is 1. The molecule has 0 aromatic heterocycles. The first-order valence-electron chi connectivity index (χ1n) is 8.95. The number of ketones is 1. The molecule has 0 spiro atoms. The molecular weight excluding hydrogens is 432 g/mol. The monoisotopic (exact) mass is 452 g/mol. The Bertz CT molecular complexity index is 1050. The van der Waals surface area contributed by atoms with E-state index in [-0.39, 0.29) is 28.7 Å². The van der Waals surface area contributed by atoms with E-state index in [4.69, 9.17) is 16.3 Å². The van der Waals surface area contributed by atoms with E-state index in [0.29, 0.717) is 11.3 Å². The van der Waals surface area contributed by atoms with Gasteiger partial charge in [-0.2, -0.15) is 0 Å². The molecule has 0 aliphatic carbocycles. The molecular formula is C20H21ClN2O6S. The lowest BCUT2D eigenvalue weighted by atomic mass is 10.1. The summed E-state index contributed by atoms with van der Waals surface area (Å²) in [6, 6.07) is 12.2. The average molecular weight is 453 g/mol. The van der Waals surface area contributed by atoms with Crippen molar-refractivity contribution >= 4 is 45.0 Å². The summed E-state index contributed by atoms with van der Waals surface area (Å²) in [4.78, 5) is 35.8. The summed E-state index contributed by atoms with van der Waals surface area (Å²) >= 11 is 5.78. The van der Waals surface area contributed by atoms with Crippen molar-refractivity contribution in [2.75, 3.05) is 11.9 Å². The Morgan fingerprint density at radius 3 is 2.47 bits per heavy atom. The Morgan fingerprint density at radius 2 is 1.80 bits per heavy atom. The summed E-state index contributed by atoms with van der Waals surface area (Å²) < 4.78 is 31.6. The predicted molar refractivity (Wildman–Crippen MR) is 112 cm³/mol. The van der Waals surface area contributed by atoms with Crippen LogP contribution >= 0.6 is 11.6 Å². The minimum atomic E-state index is -3.83. The smallest absolute Gasteiger partial charge is 0.307 e. The van der Waals surface area contributed by atoms with Crippen LogP contribution in [-0.4, -0.2) is 38.7 Å². The highest BCUT2D eigenvalue weighted by Crippen LogP contribution is 2.17. The second kappa shape index (κ2) is 10.3. The van der Waals surface area contributed by atoms with E-state index < -0.39 is 28.0 Å². The lowest BCUT2D eigenvalue weighted by Gasteiger charge is -2.15. The predicted octanol–water partition coefficient (Wildman–Crippen LogP) is 2.78. The molecule has 0 fully saturated rings. The third-order valence-corrected chi connectivity index (χ3v) is 5.66. The van der Waals surface area contributed by atoms with E-state index >= 15 is 0 Å². The van der Waals surface area contributed by atoms with Crippen LogP contribution in [-0.2, 0) is 24.3 Å². The summed E-state index contributed by atoms with van der Waals surface area (Å²) in [5.74, 6) is -1.59. The number of sulfonamides is 1. The number of ether oxygens (including phenoxy) is 1. The molecule has 1 atom stereocenters. The van der Waals surface area contributed by atoms with Crippen LogP contribution in [0.1, 0.15) is 30.6 Å². The standard InChI is InChI=1S/C20H21ClN2O6S/c1-13(24)17-8-3-4-9-18(17)23-20(26)14(2)29-19(25)10-11-22-30(27,28)16-7-5-6-15(21)12-16/h3-9,12,14,22H,10-11H2,1-2H3,(H,23,26). The van der Waals surface area contributed by atoms with Crippen LogP contribution in [0.25, 0.3) is 0 Å². The van der Waals surface area contributed by atoms with Crippen molar-refractivity contribution in [3.8, 4) is 0 Å². The van der Waals surface area contributed by atoms with Gasteiger partial charge in [-0.15, -0.1) is 0 Å². The number of hydrogen-bond acceptors (Lipinski definition) is 6. The number of amides is 1. The van der Waals surface area contributed by atoms with Gasteiger partial charge in [0.2, 0.25) is 10.0 Å². The Balaban J connectivity index is 1.86. The summed E-state index contributed by atoms with van der Waals surface area (Å²) in [5, 5.41) is 2.81. The maximum atomic E-state index is 12.2. The number of hydrogen-bond donors (Lipinski definition) is 2. The Morgan fingerprint density at radius 1 is 1.10 bits per heavy atom. The number of benzene rings is 2. The van der Waals surface area contributed by atoms with Crippen LogP contribution < -0.4 is 10.0 Å². The van der Waals surface area contributed by atoms with Gasteiger partial charge < -0.3 is 10.1 Å². The number of carbonyl (C=O) groups excluding carboxylic acids is 3. The van der Waals surface area contributed by atoms with E-state index in [9.17, 15) is 22.8 Å². The average Bonchev–Trinajstić information content (AvgIpc) is 2.68. The van der Waals surface area contributed by atoms with Gasteiger partial charge in [0, 0.05) is 17.1 Å². The molecule has 0 heterocycles. The number of nitrogens with one attached hydrogen (secondary N) is 2. The van der Waals surface area contributed by atoms with Gasteiger partial charge in [-0.05, 0) is 44.2 Å². The molecule has 1 amide bonds. The van der Waals surface area contributed by atoms with Crippen molar-refractivity contribution in [1.29, 1.82) is 0 Å². The molecule has 2 rings (SSSR count). The fourth-order valence-corrected chi connectivity index (χ4v) is 3.78. The molecule has 0 radical (unpaired) electrons. The van der Waals surface area contributed by atoms with Crippen molar-refractivity contribution in [1.82, 2.24) is 4.72 Å². The third kappa shape index (κ3) is 6.65. The number of halogens is 1. The summed E-state index contributed by atoms with van der Waals surface area (Å²) in [5.41, 5.74) is 0.645. The summed E-state index contributed by atoms with van der Waals surface area (Å²) in [7, 11) is -3.83. The van der Waals surface area contributed by atoms with Gasteiger partial charge in [-0.25, -0.2) is 13.1 Å². The highest BCUT2D eigenvalue weighted by atomic mass is 35.5. The molecule has 0 aliphatic rings. The summed E-state index contributed by atoms with van der Waals surface area (Å²) in [6.45, 7) is 2.54. The van der Waals surface area contributed by atoms with Crippen LogP contribution in [0.4, 0.5) is 5.69 Å². The zero-order valence-electron chi connectivity index (χ0n) is 16.3. The van der Waals surface area contributed by atoms with Crippen molar-refractivity contribution in [2.24, 2.45) is 0 Å². The van der Waals surface area contributed by atoms with E-state index in [1.807, 2.05) is 0 Å². The quantitative estimate of drug-likeness (QED) is 0.446. The number of para-hydroxylation sites is 1. The molecule has 0 bridgehead atoms. The van der Waals surface area contributed by atoms with Gasteiger partial charge in [0.1, 0.15) is 0 Å².